The van der Waals surface area contributed by atoms with Gasteiger partial charge in [0.05, 0.1) is 6.61 Å². The first-order valence-corrected chi connectivity index (χ1v) is 10.5. The average Bonchev–Trinajstić information content (AvgIpc) is 2.85. The van der Waals surface area contributed by atoms with Gasteiger partial charge in [-0.25, -0.2) is 0 Å². The summed E-state index contributed by atoms with van der Waals surface area (Å²) in [5.41, 5.74) is 4.53. The van der Waals surface area contributed by atoms with E-state index in [1.807, 2.05) is 0 Å². The van der Waals surface area contributed by atoms with Gasteiger partial charge in [-0.05, 0) is 60.9 Å². The molecule has 3 rings (SSSR count). The summed E-state index contributed by atoms with van der Waals surface area (Å²) in [4.78, 5) is 0. The molecule has 1 saturated carbocycles. The monoisotopic (exact) mass is 350 g/mol. The van der Waals surface area contributed by atoms with E-state index in [2.05, 4.69) is 69.3 Å². The first-order chi connectivity index (χ1) is 12.7. The molecule has 0 saturated heterocycles. The third-order valence-electron chi connectivity index (χ3n) is 6.31. The number of hydrogen-bond donors (Lipinski definition) is 0. The van der Waals surface area contributed by atoms with E-state index >= 15 is 0 Å². The summed E-state index contributed by atoms with van der Waals surface area (Å²) in [6.45, 7) is 7.75. The Morgan fingerprint density at radius 3 is 2.50 bits per heavy atom. The number of rotatable bonds is 6. The molecule has 0 spiro atoms. The fourth-order valence-electron chi connectivity index (χ4n) is 4.76. The average molecular weight is 351 g/mol. The quantitative estimate of drug-likeness (QED) is 0.400. The molecule has 1 heteroatoms. The van der Waals surface area contributed by atoms with E-state index in [1.54, 1.807) is 0 Å². The standard InChI is InChI=1S/C25H34O/c1-4-5-19-26-23-16-14-22(15-17-23)25(18-10-6-7-12-21(25)3)24-13-9-8-11-20(24)2/h8-9,11,13-17,21H,4-7,10,12,18-19H2,1-3H3. The Kier molecular flexibility index (Phi) is 6.40. The van der Waals surface area contributed by atoms with Crippen molar-refractivity contribution in [1.29, 1.82) is 0 Å². The van der Waals surface area contributed by atoms with Gasteiger partial charge in [0.2, 0.25) is 0 Å². The van der Waals surface area contributed by atoms with Gasteiger partial charge in [0.1, 0.15) is 5.75 Å². The molecule has 140 valence electrons. The van der Waals surface area contributed by atoms with E-state index in [4.69, 9.17) is 4.74 Å². The van der Waals surface area contributed by atoms with Crippen molar-refractivity contribution in [2.75, 3.05) is 6.61 Å². The van der Waals surface area contributed by atoms with Crippen LogP contribution in [-0.2, 0) is 5.41 Å². The van der Waals surface area contributed by atoms with Crippen LogP contribution in [0.1, 0.15) is 75.5 Å². The summed E-state index contributed by atoms with van der Waals surface area (Å²) in [6, 6.07) is 18.0. The van der Waals surface area contributed by atoms with E-state index in [1.165, 1.54) is 55.2 Å². The fourth-order valence-corrected chi connectivity index (χ4v) is 4.76. The molecule has 0 amide bonds. The highest BCUT2D eigenvalue weighted by Crippen LogP contribution is 2.48. The summed E-state index contributed by atoms with van der Waals surface area (Å²) in [7, 11) is 0. The topological polar surface area (TPSA) is 9.23 Å². The molecule has 2 aromatic carbocycles. The zero-order chi connectivity index (χ0) is 18.4. The second-order valence-corrected chi connectivity index (χ2v) is 8.01. The number of benzene rings is 2. The normalized spacial score (nSPS) is 23.4. The van der Waals surface area contributed by atoms with E-state index in [0.717, 1.165) is 18.8 Å². The zero-order valence-corrected chi connectivity index (χ0v) is 16.8. The minimum Gasteiger partial charge on any atom is -0.494 e. The van der Waals surface area contributed by atoms with Crippen LogP contribution in [0, 0.1) is 12.8 Å². The highest BCUT2D eigenvalue weighted by Gasteiger charge is 2.40. The van der Waals surface area contributed by atoms with Gasteiger partial charge in [-0.1, -0.05) is 75.9 Å². The maximum atomic E-state index is 5.90. The first-order valence-electron chi connectivity index (χ1n) is 10.5. The molecule has 0 radical (unpaired) electrons. The van der Waals surface area contributed by atoms with Crippen LogP contribution in [0.2, 0.25) is 0 Å². The van der Waals surface area contributed by atoms with Gasteiger partial charge in [-0.2, -0.15) is 0 Å². The Balaban J connectivity index is 2.00. The van der Waals surface area contributed by atoms with Crippen LogP contribution in [0.3, 0.4) is 0 Å². The van der Waals surface area contributed by atoms with Crippen LogP contribution >= 0.6 is 0 Å². The minimum absolute atomic E-state index is 0.129. The smallest absolute Gasteiger partial charge is 0.119 e. The number of hydrogen-bond acceptors (Lipinski definition) is 1. The van der Waals surface area contributed by atoms with Crippen molar-refractivity contribution in [2.45, 2.75) is 71.1 Å². The molecule has 0 bridgehead atoms. The number of unbranched alkanes of at least 4 members (excludes halogenated alkanes) is 1. The van der Waals surface area contributed by atoms with Gasteiger partial charge in [-0.3, -0.25) is 0 Å². The summed E-state index contributed by atoms with van der Waals surface area (Å²) in [5, 5.41) is 0. The van der Waals surface area contributed by atoms with Crippen LogP contribution in [0.15, 0.2) is 48.5 Å². The fraction of sp³-hybridized carbons (Fsp3) is 0.520. The van der Waals surface area contributed by atoms with Crippen LogP contribution in [0.4, 0.5) is 0 Å². The van der Waals surface area contributed by atoms with E-state index in [-0.39, 0.29) is 5.41 Å². The Hall–Kier alpha value is -1.76. The van der Waals surface area contributed by atoms with Crippen molar-refractivity contribution in [3.63, 3.8) is 0 Å². The Bertz CT molecular complexity index is 688. The number of ether oxygens (including phenoxy) is 1. The molecule has 2 aromatic rings. The molecular formula is C25H34O. The molecule has 1 fully saturated rings. The summed E-state index contributed by atoms with van der Waals surface area (Å²) >= 11 is 0. The Labute approximate surface area is 159 Å². The lowest BCUT2D eigenvalue weighted by Crippen LogP contribution is -2.35. The van der Waals surface area contributed by atoms with Crippen LogP contribution in [0.25, 0.3) is 0 Å². The maximum Gasteiger partial charge on any atom is 0.119 e. The van der Waals surface area contributed by atoms with Crippen LogP contribution < -0.4 is 4.74 Å². The minimum atomic E-state index is 0.129. The third kappa shape index (κ3) is 3.82. The second kappa shape index (κ2) is 8.75. The molecular weight excluding hydrogens is 316 g/mol. The molecule has 1 aliphatic rings. The van der Waals surface area contributed by atoms with Gasteiger partial charge in [0, 0.05) is 5.41 Å². The lowest BCUT2D eigenvalue weighted by atomic mass is 9.63. The van der Waals surface area contributed by atoms with Gasteiger partial charge in [-0.15, -0.1) is 0 Å². The van der Waals surface area contributed by atoms with Crippen molar-refractivity contribution < 1.29 is 4.74 Å². The Morgan fingerprint density at radius 1 is 1.00 bits per heavy atom. The predicted molar refractivity (Wildman–Crippen MR) is 111 cm³/mol. The lowest BCUT2D eigenvalue weighted by Gasteiger charge is -2.41. The van der Waals surface area contributed by atoms with Gasteiger partial charge in [0.15, 0.2) is 0 Å². The summed E-state index contributed by atoms with van der Waals surface area (Å²) in [6.07, 6.45) is 8.87. The third-order valence-corrected chi connectivity index (χ3v) is 6.31. The highest BCUT2D eigenvalue weighted by atomic mass is 16.5. The van der Waals surface area contributed by atoms with E-state index in [0.29, 0.717) is 5.92 Å². The van der Waals surface area contributed by atoms with E-state index in [9.17, 15) is 0 Å². The van der Waals surface area contributed by atoms with Crippen molar-refractivity contribution in [3.05, 3.63) is 65.2 Å². The molecule has 2 unspecified atom stereocenters. The first kappa shape index (κ1) is 19.0. The maximum absolute atomic E-state index is 5.90. The summed E-state index contributed by atoms with van der Waals surface area (Å²) < 4.78 is 5.90. The van der Waals surface area contributed by atoms with Crippen molar-refractivity contribution in [1.82, 2.24) is 0 Å². The zero-order valence-electron chi connectivity index (χ0n) is 16.8. The summed E-state index contributed by atoms with van der Waals surface area (Å²) in [5.74, 6) is 1.65. The molecule has 1 aliphatic carbocycles. The predicted octanol–water partition coefficient (Wildman–Crippen LogP) is 7.06. The van der Waals surface area contributed by atoms with Crippen LogP contribution in [-0.4, -0.2) is 6.61 Å². The van der Waals surface area contributed by atoms with Crippen molar-refractivity contribution in [3.8, 4) is 5.75 Å². The second-order valence-electron chi connectivity index (χ2n) is 8.01. The van der Waals surface area contributed by atoms with Crippen molar-refractivity contribution >= 4 is 0 Å². The van der Waals surface area contributed by atoms with Gasteiger partial charge < -0.3 is 4.74 Å². The van der Waals surface area contributed by atoms with Crippen LogP contribution in [0.5, 0.6) is 5.75 Å². The van der Waals surface area contributed by atoms with Gasteiger partial charge >= 0.3 is 0 Å². The molecule has 0 N–H and O–H groups in total. The Morgan fingerprint density at radius 2 is 1.77 bits per heavy atom. The molecule has 26 heavy (non-hydrogen) atoms. The lowest BCUT2D eigenvalue weighted by molar-refractivity contribution is 0.306. The highest BCUT2D eigenvalue weighted by molar-refractivity contribution is 5.46. The number of aryl methyl sites for hydroxylation is 1. The largest absolute Gasteiger partial charge is 0.494 e. The molecule has 0 aromatic heterocycles. The molecule has 0 aliphatic heterocycles. The molecule has 1 nitrogen and oxygen atoms in total. The molecule has 0 heterocycles. The SMILES string of the molecule is CCCCOc1ccc(C2(c3ccccc3C)CCCCCC2C)cc1. The van der Waals surface area contributed by atoms with Gasteiger partial charge in [0.25, 0.3) is 0 Å². The molecule has 2 atom stereocenters. The van der Waals surface area contributed by atoms with E-state index < -0.39 is 0 Å². The van der Waals surface area contributed by atoms with Crippen molar-refractivity contribution in [2.24, 2.45) is 5.92 Å².